The molecule has 3 N–H and O–H groups in total. The van der Waals surface area contributed by atoms with E-state index in [1.54, 1.807) is 0 Å². The third-order valence-electron chi connectivity index (χ3n) is 3.15. The second-order valence-corrected chi connectivity index (χ2v) is 4.39. The number of benzene rings is 1. The van der Waals surface area contributed by atoms with Crippen molar-refractivity contribution in [3.05, 3.63) is 29.8 Å². The molecule has 16 heavy (non-hydrogen) atoms. The monoisotopic (exact) mass is 218 g/mol. The van der Waals surface area contributed by atoms with Crippen LogP contribution < -0.4 is 11.1 Å². The van der Waals surface area contributed by atoms with E-state index in [9.17, 15) is 4.79 Å². The van der Waals surface area contributed by atoms with Gasteiger partial charge in [-0.3, -0.25) is 4.79 Å². The van der Waals surface area contributed by atoms with Gasteiger partial charge in [0.15, 0.2) is 0 Å². The first kappa shape index (κ1) is 11.0. The number of hydrogen-bond acceptors (Lipinski definition) is 2. The van der Waals surface area contributed by atoms with Gasteiger partial charge in [-0.05, 0) is 37.3 Å². The third kappa shape index (κ3) is 2.75. The van der Waals surface area contributed by atoms with Crippen LogP contribution in [0.3, 0.4) is 0 Å². The first-order chi connectivity index (χ1) is 7.75. The molecule has 1 aliphatic rings. The zero-order valence-electron chi connectivity index (χ0n) is 9.41. The molecule has 0 aromatic heterocycles. The Labute approximate surface area is 96.0 Å². The van der Waals surface area contributed by atoms with Crippen LogP contribution in [0.1, 0.15) is 31.2 Å². The Balaban J connectivity index is 1.78. The second kappa shape index (κ2) is 5.01. The van der Waals surface area contributed by atoms with Gasteiger partial charge in [0.05, 0.1) is 0 Å². The molecular formula is C13H18N2O. The molecule has 1 aromatic carbocycles. The van der Waals surface area contributed by atoms with Crippen molar-refractivity contribution in [3.63, 3.8) is 0 Å². The Bertz CT molecular complexity index is 372. The number of carbonyl (C=O) groups excluding carboxylic acids is 1. The molecule has 0 bridgehead atoms. The number of hydrogen-bond donors (Lipinski definition) is 2. The van der Waals surface area contributed by atoms with Gasteiger partial charge in [0.1, 0.15) is 0 Å². The maximum Gasteiger partial charge on any atom is 0.220 e. The molecule has 3 heteroatoms. The van der Waals surface area contributed by atoms with Crippen LogP contribution in [0, 0.1) is 0 Å². The van der Waals surface area contributed by atoms with E-state index in [-0.39, 0.29) is 5.91 Å². The van der Waals surface area contributed by atoms with Gasteiger partial charge in [-0.25, -0.2) is 0 Å². The van der Waals surface area contributed by atoms with Gasteiger partial charge in [-0.1, -0.05) is 18.2 Å². The summed E-state index contributed by atoms with van der Waals surface area (Å²) in [5.41, 5.74) is 7.65. The lowest BCUT2D eigenvalue weighted by Gasteiger charge is -2.26. The number of nitrogens with one attached hydrogen (secondary N) is 1. The minimum Gasteiger partial charge on any atom is -0.399 e. The van der Waals surface area contributed by atoms with Crippen LogP contribution in [0.4, 0.5) is 5.69 Å². The van der Waals surface area contributed by atoms with Gasteiger partial charge in [0.25, 0.3) is 0 Å². The van der Waals surface area contributed by atoms with Crippen molar-refractivity contribution in [2.75, 3.05) is 5.73 Å². The SMILES string of the molecule is Nc1ccccc1CCC(=O)NC1CCC1. The Morgan fingerprint density at radius 1 is 1.38 bits per heavy atom. The van der Waals surface area contributed by atoms with Gasteiger partial charge in [-0.2, -0.15) is 0 Å². The lowest BCUT2D eigenvalue weighted by Crippen LogP contribution is -2.39. The van der Waals surface area contributed by atoms with Gasteiger partial charge in [0.2, 0.25) is 5.91 Å². The maximum atomic E-state index is 11.6. The standard InChI is InChI=1S/C13H18N2O/c14-12-7-2-1-4-10(12)8-9-13(16)15-11-5-3-6-11/h1-2,4,7,11H,3,5-6,8-9,14H2,(H,15,16). The molecule has 0 aliphatic heterocycles. The van der Waals surface area contributed by atoms with Crippen molar-refractivity contribution in [2.24, 2.45) is 0 Å². The third-order valence-corrected chi connectivity index (χ3v) is 3.15. The highest BCUT2D eigenvalue weighted by atomic mass is 16.1. The summed E-state index contributed by atoms with van der Waals surface area (Å²) in [6.45, 7) is 0. The molecule has 0 spiro atoms. The van der Waals surface area contributed by atoms with E-state index >= 15 is 0 Å². The number of carbonyl (C=O) groups is 1. The fraction of sp³-hybridized carbons (Fsp3) is 0.462. The highest BCUT2D eigenvalue weighted by Crippen LogP contribution is 2.18. The minimum atomic E-state index is 0.146. The van der Waals surface area contributed by atoms with Crippen LogP contribution in [0.5, 0.6) is 0 Å². The smallest absolute Gasteiger partial charge is 0.220 e. The fourth-order valence-electron chi connectivity index (χ4n) is 1.86. The lowest BCUT2D eigenvalue weighted by atomic mass is 9.93. The fourth-order valence-corrected chi connectivity index (χ4v) is 1.86. The quantitative estimate of drug-likeness (QED) is 0.758. The van der Waals surface area contributed by atoms with Crippen molar-refractivity contribution in [1.29, 1.82) is 0 Å². The number of para-hydroxylation sites is 1. The Kier molecular flexibility index (Phi) is 3.44. The van der Waals surface area contributed by atoms with E-state index in [1.165, 1.54) is 6.42 Å². The molecule has 1 aromatic rings. The van der Waals surface area contributed by atoms with Crippen LogP contribution in [0.15, 0.2) is 24.3 Å². The maximum absolute atomic E-state index is 11.6. The molecule has 0 heterocycles. The molecule has 1 fully saturated rings. The summed E-state index contributed by atoms with van der Waals surface area (Å²) in [7, 11) is 0. The molecule has 1 aliphatic carbocycles. The summed E-state index contributed by atoms with van der Waals surface area (Å²) in [6, 6.07) is 8.15. The summed E-state index contributed by atoms with van der Waals surface area (Å²) >= 11 is 0. The summed E-state index contributed by atoms with van der Waals surface area (Å²) in [5, 5.41) is 3.03. The van der Waals surface area contributed by atoms with E-state index in [4.69, 9.17) is 5.73 Å². The van der Waals surface area contributed by atoms with E-state index in [2.05, 4.69) is 5.32 Å². The van der Waals surface area contributed by atoms with Crippen molar-refractivity contribution in [3.8, 4) is 0 Å². The minimum absolute atomic E-state index is 0.146. The van der Waals surface area contributed by atoms with Crippen LogP contribution >= 0.6 is 0 Å². The molecule has 3 nitrogen and oxygen atoms in total. The number of amides is 1. The van der Waals surface area contributed by atoms with Crippen molar-refractivity contribution in [2.45, 2.75) is 38.1 Å². The predicted molar refractivity (Wildman–Crippen MR) is 65.0 cm³/mol. The number of aryl methyl sites for hydroxylation is 1. The first-order valence-electron chi connectivity index (χ1n) is 5.88. The number of rotatable bonds is 4. The van der Waals surface area contributed by atoms with E-state index in [0.29, 0.717) is 12.5 Å². The van der Waals surface area contributed by atoms with Crippen molar-refractivity contribution >= 4 is 11.6 Å². The average molecular weight is 218 g/mol. The molecule has 86 valence electrons. The Morgan fingerprint density at radius 3 is 2.75 bits per heavy atom. The molecule has 1 amide bonds. The van der Waals surface area contributed by atoms with Crippen LogP contribution in [0.2, 0.25) is 0 Å². The molecule has 0 atom stereocenters. The van der Waals surface area contributed by atoms with Crippen LogP contribution in [-0.2, 0) is 11.2 Å². The molecule has 1 saturated carbocycles. The molecule has 0 saturated heterocycles. The van der Waals surface area contributed by atoms with Gasteiger partial charge in [-0.15, -0.1) is 0 Å². The number of anilines is 1. The molecule has 0 radical (unpaired) electrons. The summed E-state index contributed by atoms with van der Waals surface area (Å²) in [4.78, 5) is 11.6. The Hall–Kier alpha value is -1.51. The van der Waals surface area contributed by atoms with Gasteiger partial charge >= 0.3 is 0 Å². The number of nitrogens with two attached hydrogens (primary N) is 1. The number of nitrogen functional groups attached to an aromatic ring is 1. The topological polar surface area (TPSA) is 55.1 Å². The van der Waals surface area contributed by atoms with E-state index in [1.807, 2.05) is 24.3 Å². The zero-order valence-corrected chi connectivity index (χ0v) is 9.41. The van der Waals surface area contributed by atoms with Crippen LogP contribution in [-0.4, -0.2) is 11.9 Å². The largest absolute Gasteiger partial charge is 0.399 e. The summed E-state index contributed by atoms with van der Waals surface area (Å²) in [5.74, 6) is 0.146. The highest BCUT2D eigenvalue weighted by Gasteiger charge is 2.18. The van der Waals surface area contributed by atoms with Gasteiger partial charge in [0, 0.05) is 18.2 Å². The van der Waals surface area contributed by atoms with Gasteiger partial charge < -0.3 is 11.1 Å². The Morgan fingerprint density at radius 2 is 2.12 bits per heavy atom. The molecule has 2 rings (SSSR count). The van der Waals surface area contributed by atoms with Crippen LogP contribution in [0.25, 0.3) is 0 Å². The van der Waals surface area contributed by atoms with E-state index in [0.717, 1.165) is 30.5 Å². The summed E-state index contributed by atoms with van der Waals surface area (Å²) in [6.07, 6.45) is 4.78. The summed E-state index contributed by atoms with van der Waals surface area (Å²) < 4.78 is 0. The predicted octanol–water partition coefficient (Wildman–Crippen LogP) is 1.87. The van der Waals surface area contributed by atoms with E-state index < -0.39 is 0 Å². The average Bonchev–Trinajstić information content (AvgIpc) is 2.22. The normalized spacial score (nSPS) is 15.5. The second-order valence-electron chi connectivity index (χ2n) is 4.39. The highest BCUT2D eigenvalue weighted by molar-refractivity contribution is 5.76. The molecular weight excluding hydrogens is 200 g/mol. The molecule has 0 unspecified atom stereocenters. The van der Waals surface area contributed by atoms with Crippen molar-refractivity contribution < 1.29 is 4.79 Å². The first-order valence-corrected chi connectivity index (χ1v) is 5.88. The zero-order chi connectivity index (χ0) is 11.4. The lowest BCUT2D eigenvalue weighted by molar-refractivity contribution is -0.122. The van der Waals surface area contributed by atoms with Crippen molar-refractivity contribution in [1.82, 2.24) is 5.32 Å².